The number of rotatable bonds is 4. The Hall–Kier alpha value is -6.88. The molecule has 4 nitrogen and oxygen atoms in total. The van der Waals surface area contributed by atoms with Crippen molar-refractivity contribution in [2.45, 2.75) is 0 Å². The third-order valence-corrected chi connectivity index (χ3v) is 9.39. The van der Waals surface area contributed by atoms with Crippen LogP contribution in [0.15, 0.2) is 158 Å². The molecule has 0 saturated heterocycles. The van der Waals surface area contributed by atoms with Crippen LogP contribution >= 0.6 is 0 Å². The standard InChI is InChI=1S/C44H26N4/c45-27-29-20-22-44-38(24-29)37-15-4-8-19-43(37)48(44)40-16-5-1-12-34(40)32-11-9-10-30(25-32)31-21-23-39(33(26-31)28-46)47-41-17-6-2-13-35(41)36-14-3-7-18-42(36)47/h1-26H. The highest BCUT2D eigenvalue weighted by atomic mass is 15.0. The van der Waals surface area contributed by atoms with E-state index in [0.29, 0.717) is 11.1 Å². The molecule has 7 aromatic carbocycles. The normalized spacial score (nSPS) is 11.3. The first-order chi connectivity index (χ1) is 23.7. The fourth-order valence-corrected chi connectivity index (χ4v) is 7.26. The summed E-state index contributed by atoms with van der Waals surface area (Å²) in [5.41, 5.74) is 11.7. The van der Waals surface area contributed by atoms with Crippen LogP contribution in [0.25, 0.3) is 77.2 Å². The summed E-state index contributed by atoms with van der Waals surface area (Å²) in [5.74, 6) is 0. The molecule has 0 fully saturated rings. The molecule has 9 aromatic rings. The minimum absolute atomic E-state index is 0.617. The SMILES string of the molecule is N#Cc1ccc2c(c1)c1ccccc1n2-c1ccccc1-c1cccc(-c2ccc(-n3c4ccccc4c4ccccc43)c(C#N)c2)c1. The van der Waals surface area contributed by atoms with Gasteiger partial charge >= 0.3 is 0 Å². The fourth-order valence-electron chi connectivity index (χ4n) is 7.26. The van der Waals surface area contributed by atoms with Gasteiger partial charge in [-0.25, -0.2) is 0 Å². The summed E-state index contributed by atoms with van der Waals surface area (Å²) in [6.07, 6.45) is 0. The van der Waals surface area contributed by atoms with Gasteiger partial charge in [0, 0.05) is 27.1 Å². The Kier molecular flexibility index (Phi) is 6.22. The summed E-state index contributed by atoms with van der Waals surface area (Å²) in [4.78, 5) is 0. The van der Waals surface area contributed by atoms with E-state index in [4.69, 9.17) is 0 Å². The summed E-state index contributed by atoms with van der Waals surface area (Å²) in [6, 6.07) is 59.0. The molecule has 2 aromatic heterocycles. The molecule has 0 aliphatic carbocycles. The predicted molar refractivity (Wildman–Crippen MR) is 195 cm³/mol. The van der Waals surface area contributed by atoms with Crippen LogP contribution in [0.2, 0.25) is 0 Å². The van der Waals surface area contributed by atoms with Gasteiger partial charge in [0.05, 0.1) is 50.6 Å². The smallest absolute Gasteiger partial charge is 0.101 e. The highest BCUT2D eigenvalue weighted by Gasteiger charge is 2.18. The summed E-state index contributed by atoms with van der Waals surface area (Å²) in [5, 5.41) is 24.5. The lowest BCUT2D eigenvalue weighted by atomic mass is 9.96. The van der Waals surface area contributed by atoms with Crippen molar-refractivity contribution >= 4 is 43.6 Å². The molecule has 2 heterocycles. The van der Waals surface area contributed by atoms with Gasteiger partial charge in [0.25, 0.3) is 0 Å². The van der Waals surface area contributed by atoms with E-state index in [9.17, 15) is 10.5 Å². The average molecular weight is 611 g/mol. The van der Waals surface area contributed by atoms with Gasteiger partial charge in [0.1, 0.15) is 6.07 Å². The molecule has 222 valence electrons. The van der Waals surface area contributed by atoms with Crippen molar-refractivity contribution in [1.29, 1.82) is 10.5 Å². The second kappa shape index (κ2) is 10.9. The zero-order chi connectivity index (χ0) is 32.2. The first kappa shape index (κ1) is 27.4. The Balaban J connectivity index is 1.19. The first-order valence-corrected chi connectivity index (χ1v) is 15.9. The molecular weight excluding hydrogens is 585 g/mol. The largest absolute Gasteiger partial charge is 0.309 e. The maximum absolute atomic E-state index is 10.4. The lowest BCUT2D eigenvalue weighted by Gasteiger charge is -2.15. The Morgan fingerprint density at radius 3 is 1.62 bits per heavy atom. The maximum Gasteiger partial charge on any atom is 0.101 e. The van der Waals surface area contributed by atoms with E-state index < -0.39 is 0 Å². The second-order valence-electron chi connectivity index (χ2n) is 12.0. The van der Waals surface area contributed by atoms with Crippen molar-refractivity contribution in [3.05, 3.63) is 169 Å². The maximum atomic E-state index is 10.4. The molecule has 4 heteroatoms. The van der Waals surface area contributed by atoms with Crippen LogP contribution in [0, 0.1) is 22.7 Å². The third-order valence-electron chi connectivity index (χ3n) is 9.39. The highest BCUT2D eigenvalue weighted by molar-refractivity contribution is 6.11. The average Bonchev–Trinajstić information content (AvgIpc) is 3.67. The summed E-state index contributed by atoms with van der Waals surface area (Å²) >= 11 is 0. The Labute approximate surface area is 277 Å². The fraction of sp³-hybridized carbons (Fsp3) is 0. The van der Waals surface area contributed by atoms with Crippen molar-refractivity contribution in [1.82, 2.24) is 9.13 Å². The molecule has 0 unspecified atom stereocenters. The topological polar surface area (TPSA) is 57.4 Å². The molecule has 0 amide bonds. The van der Waals surface area contributed by atoms with E-state index in [2.05, 4.69) is 137 Å². The van der Waals surface area contributed by atoms with E-state index in [1.807, 2.05) is 42.5 Å². The van der Waals surface area contributed by atoms with Gasteiger partial charge in [-0.3, -0.25) is 0 Å². The number of aromatic nitrogens is 2. The van der Waals surface area contributed by atoms with E-state index >= 15 is 0 Å². The zero-order valence-corrected chi connectivity index (χ0v) is 25.8. The number of nitriles is 2. The molecular formula is C44H26N4. The van der Waals surface area contributed by atoms with Crippen molar-refractivity contribution in [2.75, 3.05) is 0 Å². The molecule has 0 aliphatic rings. The summed E-state index contributed by atoms with van der Waals surface area (Å²) in [7, 11) is 0. The first-order valence-electron chi connectivity index (χ1n) is 15.9. The molecule has 0 bridgehead atoms. The van der Waals surface area contributed by atoms with Crippen LogP contribution in [-0.4, -0.2) is 9.13 Å². The van der Waals surface area contributed by atoms with Gasteiger partial charge in [0.15, 0.2) is 0 Å². The third kappa shape index (κ3) is 4.14. The van der Waals surface area contributed by atoms with Crippen molar-refractivity contribution in [3.63, 3.8) is 0 Å². The van der Waals surface area contributed by atoms with E-state index in [1.165, 1.54) is 10.8 Å². The van der Waals surface area contributed by atoms with Crippen LogP contribution in [-0.2, 0) is 0 Å². The molecule has 9 rings (SSSR count). The van der Waals surface area contributed by atoms with Crippen molar-refractivity contribution < 1.29 is 0 Å². The van der Waals surface area contributed by atoms with Gasteiger partial charge in [0.2, 0.25) is 0 Å². The molecule has 0 atom stereocenters. The molecule has 0 saturated carbocycles. The Morgan fingerprint density at radius 1 is 0.375 bits per heavy atom. The number of benzene rings is 7. The van der Waals surface area contributed by atoms with Crippen LogP contribution in [0.1, 0.15) is 11.1 Å². The monoisotopic (exact) mass is 610 g/mol. The predicted octanol–water partition coefficient (Wildman–Crippen LogP) is 11.0. The summed E-state index contributed by atoms with van der Waals surface area (Å²) < 4.78 is 4.49. The number of hydrogen-bond donors (Lipinski definition) is 0. The van der Waals surface area contributed by atoms with Crippen molar-refractivity contribution in [3.8, 4) is 45.8 Å². The van der Waals surface area contributed by atoms with Crippen LogP contribution in [0.3, 0.4) is 0 Å². The molecule has 48 heavy (non-hydrogen) atoms. The van der Waals surface area contributed by atoms with Crippen LogP contribution in [0.5, 0.6) is 0 Å². The van der Waals surface area contributed by atoms with E-state index in [0.717, 1.165) is 66.5 Å². The van der Waals surface area contributed by atoms with Gasteiger partial charge in [-0.2, -0.15) is 10.5 Å². The lowest BCUT2D eigenvalue weighted by molar-refractivity contribution is 1.17. The van der Waals surface area contributed by atoms with Crippen molar-refractivity contribution in [2.24, 2.45) is 0 Å². The molecule has 0 spiro atoms. The van der Waals surface area contributed by atoms with Gasteiger partial charge in [-0.15, -0.1) is 0 Å². The quantitative estimate of drug-likeness (QED) is 0.199. The lowest BCUT2D eigenvalue weighted by Crippen LogP contribution is -1.98. The highest BCUT2D eigenvalue weighted by Crippen LogP contribution is 2.38. The number of hydrogen-bond acceptors (Lipinski definition) is 2. The van der Waals surface area contributed by atoms with Gasteiger partial charge in [-0.05, 0) is 77.4 Å². The van der Waals surface area contributed by atoms with Crippen LogP contribution < -0.4 is 0 Å². The van der Waals surface area contributed by atoms with Crippen LogP contribution in [0.4, 0.5) is 0 Å². The zero-order valence-electron chi connectivity index (χ0n) is 25.8. The van der Waals surface area contributed by atoms with Gasteiger partial charge in [-0.1, -0.05) is 97.1 Å². The molecule has 0 radical (unpaired) electrons. The van der Waals surface area contributed by atoms with E-state index in [1.54, 1.807) is 0 Å². The Bertz CT molecular complexity index is 2760. The number of para-hydroxylation sites is 4. The van der Waals surface area contributed by atoms with E-state index in [-0.39, 0.29) is 0 Å². The minimum atomic E-state index is 0.617. The number of fused-ring (bicyclic) bond motifs is 6. The number of nitrogens with zero attached hydrogens (tertiary/aromatic N) is 4. The minimum Gasteiger partial charge on any atom is -0.309 e. The molecule has 0 N–H and O–H groups in total. The molecule has 0 aliphatic heterocycles. The summed E-state index contributed by atoms with van der Waals surface area (Å²) in [6.45, 7) is 0. The Morgan fingerprint density at radius 2 is 0.938 bits per heavy atom. The second-order valence-corrected chi connectivity index (χ2v) is 12.0. The van der Waals surface area contributed by atoms with Gasteiger partial charge < -0.3 is 9.13 Å².